The number of thiophene rings is 1. The summed E-state index contributed by atoms with van der Waals surface area (Å²) in [6.07, 6.45) is 0. The molecular weight excluding hydrogens is 468 g/mol. The normalized spacial score (nSPS) is 11.2. The number of halogens is 2. The highest BCUT2D eigenvalue weighted by atomic mass is 32.2. The molecule has 0 unspecified atom stereocenters. The van der Waals surface area contributed by atoms with E-state index in [1.54, 1.807) is 18.2 Å². The maximum absolute atomic E-state index is 12.7. The van der Waals surface area contributed by atoms with E-state index < -0.39 is 24.2 Å². The van der Waals surface area contributed by atoms with Gasteiger partial charge in [-0.3, -0.25) is 9.48 Å². The van der Waals surface area contributed by atoms with Crippen LogP contribution in [0, 0.1) is 6.92 Å². The van der Waals surface area contributed by atoms with Crippen LogP contribution in [0.1, 0.15) is 20.9 Å². The molecule has 0 saturated carbocycles. The van der Waals surface area contributed by atoms with Crippen molar-refractivity contribution >= 4 is 50.9 Å². The fourth-order valence-corrected chi connectivity index (χ4v) is 4.88. The summed E-state index contributed by atoms with van der Waals surface area (Å²) in [6.45, 7) is 1.91. The third kappa shape index (κ3) is 5.58. The second kappa shape index (κ2) is 10.1. The molecule has 2 aromatic carbocycles. The highest BCUT2D eigenvalue weighted by molar-refractivity contribution is 7.99. The van der Waals surface area contributed by atoms with Gasteiger partial charge in [0.25, 0.3) is 11.7 Å². The number of nitrogens with zero attached hydrogens (tertiary/aromatic N) is 2. The maximum Gasteiger partial charge on any atom is 0.348 e. The molecule has 0 bridgehead atoms. The number of esters is 1. The monoisotopic (exact) mass is 487 g/mol. The van der Waals surface area contributed by atoms with Crippen LogP contribution in [-0.2, 0) is 16.1 Å². The van der Waals surface area contributed by atoms with Crippen molar-refractivity contribution in [1.29, 1.82) is 0 Å². The molecule has 4 rings (SSSR count). The van der Waals surface area contributed by atoms with Gasteiger partial charge in [-0.05, 0) is 30.7 Å². The zero-order valence-corrected chi connectivity index (χ0v) is 19.1. The number of fused-ring (bicyclic) bond motifs is 1. The van der Waals surface area contributed by atoms with E-state index in [1.807, 2.05) is 41.9 Å². The van der Waals surface area contributed by atoms with Crippen molar-refractivity contribution in [2.24, 2.45) is 0 Å². The van der Waals surface area contributed by atoms with Crippen molar-refractivity contribution in [3.05, 3.63) is 76.8 Å². The van der Waals surface area contributed by atoms with E-state index in [9.17, 15) is 18.4 Å². The zero-order chi connectivity index (χ0) is 23.4. The average Bonchev–Trinajstić information content (AvgIpc) is 3.35. The van der Waals surface area contributed by atoms with Gasteiger partial charge in [0.2, 0.25) is 0 Å². The molecule has 10 heteroatoms. The number of hydrogen-bond acceptors (Lipinski definition) is 6. The van der Waals surface area contributed by atoms with Gasteiger partial charge in [-0.15, -0.1) is 11.3 Å². The molecule has 4 aromatic rings. The van der Waals surface area contributed by atoms with Crippen LogP contribution in [0.15, 0.2) is 65.6 Å². The van der Waals surface area contributed by atoms with Crippen molar-refractivity contribution in [2.75, 3.05) is 11.9 Å². The summed E-state index contributed by atoms with van der Waals surface area (Å²) in [7, 11) is 0. The van der Waals surface area contributed by atoms with E-state index in [1.165, 1.54) is 23.5 Å². The third-order valence-electron chi connectivity index (χ3n) is 4.70. The van der Waals surface area contributed by atoms with Crippen LogP contribution in [0.25, 0.3) is 10.2 Å². The molecule has 0 aliphatic carbocycles. The van der Waals surface area contributed by atoms with Crippen molar-refractivity contribution in [1.82, 2.24) is 9.78 Å². The Morgan fingerprint density at radius 2 is 1.88 bits per heavy atom. The summed E-state index contributed by atoms with van der Waals surface area (Å²) in [5.74, 6) is -3.86. The van der Waals surface area contributed by atoms with E-state index in [0.717, 1.165) is 21.5 Å². The number of amides is 1. The van der Waals surface area contributed by atoms with Gasteiger partial charge < -0.3 is 10.1 Å². The van der Waals surface area contributed by atoms with E-state index >= 15 is 0 Å². The van der Waals surface area contributed by atoms with E-state index in [0.29, 0.717) is 23.2 Å². The average molecular weight is 488 g/mol. The molecule has 6 nitrogen and oxygen atoms in total. The van der Waals surface area contributed by atoms with Gasteiger partial charge >= 0.3 is 5.97 Å². The van der Waals surface area contributed by atoms with Crippen molar-refractivity contribution < 1.29 is 23.1 Å². The number of aromatic nitrogens is 2. The molecule has 2 aromatic heterocycles. The van der Waals surface area contributed by atoms with Gasteiger partial charge in [0.15, 0.2) is 6.61 Å². The highest BCUT2D eigenvalue weighted by Gasteiger charge is 2.19. The van der Waals surface area contributed by atoms with E-state index in [2.05, 4.69) is 10.4 Å². The Balaban J connectivity index is 1.41. The first-order valence-electron chi connectivity index (χ1n) is 9.92. The van der Waals surface area contributed by atoms with Gasteiger partial charge in [0.05, 0.1) is 17.9 Å². The molecule has 0 spiro atoms. The van der Waals surface area contributed by atoms with Crippen molar-refractivity contribution in [3.8, 4) is 0 Å². The molecule has 0 saturated heterocycles. The summed E-state index contributed by atoms with van der Waals surface area (Å²) in [5, 5.41) is 7.91. The van der Waals surface area contributed by atoms with Gasteiger partial charge in [-0.2, -0.15) is 13.9 Å². The smallest absolute Gasteiger partial charge is 0.348 e. The van der Waals surface area contributed by atoms with Crippen LogP contribution in [0.2, 0.25) is 0 Å². The molecule has 170 valence electrons. The quantitative estimate of drug-likeness (QED) is 0.260. The molecule has 1 amide bonds. The fraction of sp³-hybridized carbons (Fsp3) is 0.174. The van der Waals surface area contributed by atoms with Crippen LogP contribution in [0.3, 0.4) is 0 Å². The van der Waals surface area contributed by atoms with Gasteiger partial charge in [0, 0.05) is 10.3 Å². The number of ether oxygens (including phenoxy) is 1. The first-order valence-corrected chi connectivity index (χ1v) is 11.6. The Labute approximate surface area is 196 Å². The predicted octanol–water partition coefficient (Wildman–Crippen LogP) is 5.56. The molecule has 33 heavy (non-hydrogen) atoms. The maximum atomic E-state index is 12.7. The molecular formula is C23H19F2N3O3S2. The van der Waals surface area contributed by atoms with E-state index in [4.69, 9.17) is 4.74 Å². The van der Waals surface area contributed by atoms with Gasteiger partial charge in [0.1, 0.15) is 9.71 Å². The lowest BCUT2D eigenvalue weighted by Gasteiger charge is -2.10. The number of benzene rings is 2. The van der Waals surface area contributed by atoms with Crippen molar-refractivity contribution in [3.63, 3.8) is 0 Å². The molecule has 0 radical (unpaired) electrons. The molecule has 0 atom stereocenters. The van der Waals surface area contributed by atoms with Crippen LogP contribution in [0.4, 0.5) is 14.5 Å². The number of para-hydroxylation sites is 1. The number of hydrogen-bond donors (Lipinski definition) is 1. The number of aryl methyl sites for hydroxylation is 1. The zero-order valence-electron chi connectivity index (χ0n) is 17.5. The van der Waals surface area contributed by atoms with Gasteiger partial charge in [-0.25, -0.2) is 4.79 Å². The standard InChI is InChI=1S/C23H19F2N3O3S2/c1-14-16-11-19(32-21(16)28(27-14)12-15-7-3-2-4-8-15)22(30)31-13-20(29)26-17-9-5-6-10-18(17)33-23(24)25/h2-11,23H,12-13H2,1H3,(H,26,29). The summed E-state index contributed by atoms with van der Waals surface area (Å²) in [5.41, 5.74) is 2.12. The Bertz CT molecular complexity index is 1290. The first-order chi connectivity index (χ1) is 15.9. The van der Waals surface area contributed by atoms with E-state index in [-0.39, 0.29) is 10.6 Å². The molecule has 0 aliphatic rings. The summed E-state index contributed by atoms with van der Waals surface area (Å²) >= 11 is 1.58. The highest BCUT2D eigenvalue weighted by Crippen LogP contribution is 2.32. The summed E-state index contributed by atoms with van der Waals surface area (Å²) in [4.78, 5) is 26.2. The lowest BCUT2D eigenvalue weighted by Crippen LogP contribution is -2.21. The minimum absolute atomic E-state index is 0.232. The van der Waals surface area contributed by atoms with Crippen LogP contribution < -0.4 is 5.32 Å². The molecule has 1 N–H and O–H groups in total. The fourth-order valence-electron chi connectivity index (χ4n) is 3.23. The molecule has 2 heterocycles. The number of carbonyl (C=O) groups excluding carboxylic acids is 2. The van der Waals surface area contributed by atoms with Crippen molar-refractivity contribution in [2.45, 2.75) is 24.1 Å². The Kier molecular flexibility index (Phi) is 7.05. The topological polar surface area (TPSA) is 73.2 Å². The van der Waals surface area contributed by atoms with Crippen LogP contribution in [0.5, 0.6) is 0 Å². The summed E-state index contributed by atoms with van der Waals surface area (Å²) in [6, 6.07) is 17.8. The number of alkyl halides is 2. The predicted molar refractivity (Wildman–Crippen MR) is 125 cm³/mol. The number of rotatable bonds is 8. The minimum atomic E-state index is -2.62. The molecule has 0 fully saturated rings. The largest absolute Gasteiger partial charge is 0.451 e. The first kappa shape index (κ1) is 22.9. The number of thioether (sulfide) groups is 1. The molecule has 0 aliphatic heterocycles. The summed E-state index contributed by atoms with van der Waals surface area (Å²) < 4.78 is 32.4. The lowest BCUT2D eigenvalue weighted by molar-refractivity contribution is -0.119. The van der Waals surface area contributed by atoms with Gasteiger partial charge in [-0.1, -0.05) is 54.2 Å². The Hall–Kier alpha value is -3.24. The number of carbonyl (C=O) groups is 2. The third-order valence-corrected chi connectivity index (χ3v) is 6.61. The SMILES string of the molecule is Cc1nn(Cc2ccccc2)c2sc(C(=O)OCC(=O)Nc3ccccc3SC(F)F)cc12. The number of nitrogens with one attached hydrogen (secondary N) is 1. The second-order valence-corrected chi connectivity index (χ2v) is 9.12. The Morgan fingerprint density at radius 3 is 2.64 bits per heavy atom. The number of anilines is 1. The van der Waals surface area contributed by atoms with Crippen LogP contribution >= 0.6 is 23.1 Å². The Morgan fingerprint density at radius 1 is 1.15 bits per heavy atom. The second-order valence-electron chi connectivity index (χ2n) is 7.06. The minimum Gasteiger partial charge on any atom is -0.451 e. The lowest BCUT2D eigenvalue weighted by atomic mass is 10.2. The van der Waals surface area contributed by atoms with Crippen LogP contribution in [-0.4, -0.2) is 34.0 Å².